The van der Waals surface area contributed by atoms with Gasteiger partial charge in [0.25, 0.3) is 5.91 Å². The molecule has 0 aromatic carbocycles. The number of esters is 1. The van der Waals surface area contributed by atoms with E-state index in [0.717, 1.165) is 4.68 Å². The molecule has 0 N–H and O–H groups in total. The number of hydrogen-bond donors (Lipinski definition) is 0. The molecule has 0 spiro atoms. The monoisotopic (exact) mass is 326 g/mol. The van der Waals surface area contributed by atoms with Crippen LogP contribution in [-0.2, 0) is 11.8 Å². The van der Waals surface area contributed by atoms with E-state index >= 15 is 0 Å². The van der Waals surface area contributed by atoms with Gasteiger partial charge in [0.1, 0.15) is 5.69 Å². The van der Waals surface area contributed by atoms with E-state index in [2.05, 4.69) is 26.1 Å². The summed E-state index contributed by atoms with van der Waals surface area (Å²) in [5.41, 5.74) is 0.345. The van der Waals surface area contributed by atoms with E-state index in [1.165, 1.54) is 23.1 Å². The molecule has 2 heterocycles. The third-order valence-electron chi connectivity index (χ3n) is 2.34. The van der Waals surface area contributed by atoms with Gasteiger partial charge in [-0.2, -0.15) is 10.2 Å². The van der Waals surface area contributed by atoms with Crippen molar-refractivity contribution < 1.29 is 14.3 Å². The number of rotatable bonds is 3. The molecule has 0 aliphatic rings. The highest BCUT2D eigenvalue weighted by Gasteiger charge is 2.19. The smallest absolute Gasteiger partial charge is 0.356 e. The lowest BCUT2D eigenvalue weighted by atomic mass is 10.3. The molecule has 0 radical (unpaired) electrons. The van der Waals surface area contributed by atoms with E-state index in [4.69, 9.17) is 4.74 Å². The molecular weight excluding hydrogens is 316 g/mol. The fourth-order valence-electron chi connectivity index (χ4n) is 1.50. The molecule has 0 unspecified atom stereocenters. The second-order valence-corrected chi connectivity index (χ2v) is 4.58. The Labute approximate surface area is 117 Å². The Kier molecular flexibility index (Phi) is 3.79. The first kappa shape index (κ1) is 13.5. The summed E-state index contributed by atoms with van der Waals surface area (Å²) in [5.74, 6) is -0.935. The van der Waals surface area contributed by atoms with E-state index in [1.54, 1.807) is 14.0 Å². The van der Waals surface area contributed by atoms with Gasteiger partial charge in [0.15, 0.2) is 5.69 Å². The highest BCUT2D eigenvalue weighted by molar-refractivity contribution is 9.10. The van der Waals surface area contributed by atoms with Crippen LogP contribution in [0, 0.1) is 0 Å². The SMILES string of the molecule is CCOC(=O)c1cc(C(=O)n2cc(Br)cn2)nn1C. The Morgan fingerprint density at radius 3 is 2.79 bits per heavy atom. The van der Waals surface area contributed by atoms with Crippen LogP contribution in [-0.4, -0.2) is 38.0 Å². The first-order chi connectivity index (χ1) is 9.02. The molecule has 100 valence electrons. The summed E-state index contributed by atoms with van der Waals surface area (Å²) in [6, 6.07) is 1.38. The lowest BCUT2D eigenvalue weighted by Gasteiger charge is -1.99. The molecule has 0 amide bonds. The van der Waals surface area contributed by atoms with Crippen LogP contribution in [0.2, 0.25) is 0 Å². The molecular formula is C11H11BrN4O3. The van der Waals surface area contributed by atoms with E-state index in [-0.39, 0.29) is 18.0 Å². The van der Waals surface area contributed by atoms with E-state index in [9.17, 15) is 9.59 Å². The summed E-state index contributed by atoms with van der Waals surface area (Å²) in [5, 5.41) is 7.86. The molecule has 7 nitrogen and oxygen atoms in total. The van der Waals surface area contributed by atoms with Crippen LogP contribution in [0.3, 0.4) is 0 Å². The quantitative estimate of drug-likeness (QED) is 0.793. The summed E-state index contributed by atoms with van der Waals surface area (Å²) in [6.07, 6.45) is 3.01. The molecule has 0 saturated heterocycles. The molecule has 0 bridgehead atoms. The fraction of sp³-hybridized carbons (Fsp3) is 0.273. The first-order valence-corrected chi connectivity index (χ1v) is 6.28. The van der Waals surface area contributed by atoms with Gasteiger partial charge in [-0.05, 0) is 22.9 Å². The molecule has 2 aromatic rings. The van der Waals surface area contributed by atoms with Crippen LogP contribution < -0.4 is 0 Å². The van der Waals surface area contributed by atoms with Crippen molar-refractivity contribution >= 4 is 27.8 Å². The van der Waals surface area contributed by atoms with Crippen molar-refractivity contribution in [2.75, 3.05) is 6.61 Å². The Hall–Kier alpha value is -1.96. The second-order valence-electron chi connectivity index (χ2n) is 3.67. The fourth-order valence-corrected chi connectivity index (χ4v) is 1.78. The number of ether oxygens (including phenoxy) is 1. The van der Waals surface area contributed by atoms with Crippen molar-refractivity contribution in [2.45, 2.75) is 6.92 Å². The van der Waals surface area contributed by atoms with Crippen LogP contribution in [0.25, 0.3) is 0 Å². The average Bonchev–Trinajstić information content (AvgIpc) is 2.95. The van der Waals surface area contributed by atoms with Crippen LogP contribution in [0.5, 0.6) is 0 Å². The Morgan fingerprint density at radius 2 is 2.21 bits per heavy atom. The zero-order valence-corrected chi connectivity index (χ0v) is 11.9. The minimum Gasteiger partial charge on any atom is -0.461 e. The van der Waals surface area contributed by atoms with Gasteiger partial charge in [-0.15, -0.1) is 0 Å². The topological polar surface area (TPSA) is 79.0 Å². The van der Waals surface area contributed by atoms with Crippen molar-refractivity contribution in [1.29, 1.82) is 0 Å². The van der Waals surface area contributed by atoms with Crippen LogP contribution >= 0.6 is 15.9 Å². The zero-order valence-electron chi connectivity index (χ0n) is 10.3. The van der Waals surface area contributed by atoms with Crippen molar-refractivity contribution in [2.24, 2.45) is 7.05 Å². The van der Waals surface area contributed by atoms with E-state index in [0.29, 0.717) is 4.47 Å². The predicted octanol–water partition coefficient (Wildman–Crippen LogP) is 1.24. The zero-order chi connectivity index (χ0) is 14.0. The summed E-state index contributed by atoms with van der Waals surface area (Å²) >= 11 is 3.20. The van der Waals surface area contributed by atoms with Crippen molar-refractivity contribution in [3.8, 4) is 0 Å². The minimum absolute atomic E-state index is 0.126. The molecule has 0 aliphatic heterocycles. The number of carbonyl (C=O) groups is 2. The molecule has 8 heteroatoms. The highest BCUT2D eigenvalue weighted by atomic mass is 79.9. The Morgan fingerprint density at radius 1 is 1.47 bits per heavy atom. The Balaban J connectivity index is 2.29. The van der Waals surface area contributed by atoms with Gasteiger partial charge < -0.3 is 4.74 Å². The third kappa shape index (κ3) is 2.73. The minimum atomic E-state index is -0.516. The van der Waals surface area contributed by atoms with E-state index in [1.807, 2.05) is 0 Å². The van der Waals surface area contributed by atoms with Gasteiger partial charge in [-0.3, -0.25) is 9.48 Å². The standard InChI is InChI=1S/C11H11BrN4O3/c1-3-19-11(18)9-4-8(14-15(9)2)10(17)16-6-7(12)5-13-16/h4-6H,3H2,1-2H3. The molecule has 0 atom stereocenters. The molecule has 0 fully saturated rings. The normalized spacial score (nSPS) is 10.5. The first-order valence-electron chi connectivity index (χ1n) is 5.49. The Bertz CT molecular complexity index is 632. The average molecular weight is 327 g/mol. The van der Waals surface area contributed by atoms with Gasteiger partial charge in [0.2, 0.25) is 0 Å². The van der Waals surface area contributed by atoms with Gasteiger partial charge in [0.05, 0.1) is 17.3 Å². The second kappa shape index (κ2) is 5.35. The van der Waals surface area contributed by atoms with Crippen LogP contribution in [0.4, 0.5) is 0 Å². The molecule has 0 aliphatic carbocycles. The van der Waals surface area contributed by atoms with E-state index < -0.39 is 11.9 Å². The number of aryl methyl sites for hydroxylation is 1. The maximum absolute atomic E-state index is 12.1. The van der Waals surface area contributed by atoms with Crippen molar-refractivity contribution in [3.05, 3.63) is 34.3 Å². The summed E-state index contributed by atoms with van der Waals surface area (Å²) in [4.78, 5) is 23.7. The number of aromatic nitrogens is 4. The number of nitrogens with zero attached hydrogens (tertiary/aromatic N) is 4. The summed E-state index contributed by atoms with van der Waals surface area (Å²) < 4.78 is 8.00. The number of hydrogen-bond acceptors (Lipinski definition) is 5. The summed E-state index contributed by atoms with van der Waals surface area (Å²) in [6.45, 7) is 1.97. The number of carbonyl (C=O) groups excluding carboxylic acids is 2. The van der Waals surface area contributed by atoms with Gasteiger partial charge in [-0.1, -0.05) is 0 Å². The van der Waals surface area contributed by atoms with Crippen molar-refractivity contribution in [1.82, 2.24) is 19.6 Å². The largest absolute Gasteiger partial charge is 0.461 e. The molecule has 0 saturated carbocycles. The molecule has 19 heavy (non-hydrogen) atoms. The van der Waals surface area contributed by atoms with Gasteiger partial charge in [0, 0.05) is 19.3 Å². The lowest BCUT2D eigenvalue weighted by Crippen LogP contribution is -2.13. The van der Waals surface area contributed by atoms with Crippen LogP contribution in [0.1, 0.15) is 27.9 Å². The summed E-state index contributed by atoms with van der Waals surface area (Å²) in [7, 11) is 1.57. The number of halogens is 1. The van der Waals surface area contributed by atoms with Crippen LogP contribution in [0.15, 0.2) is 22.9 Å². The third-order valence-corrected chi connectivity index (χ3v) is 2.75. The maximum Gasteiger partial charge on any atom is 0.356 e. The lowest BCUT2D eigenvalue weighted by molar-refractivity contribution is 0.0513. The van der Waals surface area contributed by atoms with Gasteiger partial charge in [-0.25, -0.2) is 9.48 Å². The molecule has 2 rings (SSSR count). The maximum atomic E-state index is 12.1. The predicted molar refractivity (Wildman–Crippen MR) is 68.8 cm³/mol. The molecule has 2 aromatic heterocycles. The van der Waals surface area contributed by atoms with Crippen molar-refractivity contribution in [3.63, 3.8) is 0 Å². The highest BCUT2D eigenvalue weighted by Crippen LogP contribution is 2.10. The van der Waals surface area contributed by atoms with Gasteiger partial charge >= 0.3 is 5.97 Å².